The molecule has 1 saturated heterocycles. The second-order valence-electron chi connectivity index (χ2n) is 7.53. The molecule has 2 aliphatic rings. The van der Waals surface area contributed by atoms with Gasteiger partial charge in [0, 0.05) is 26.7 Å². The lowest BCUT2D eigenvalue weighted by Crippen LogP contribution is -2.52. The minimum Gasteiger partial charge on any atom is -0.465 e. The van der Waals surface area contributed by atoms with Gasteiger partial charge in [-0.05, 0) is 46.6 Å². The number of hydrogen-bond donors (Lipinski definition) is 1. The third kappa shape index (κ3) is 4.23. The standard InChI is InChI=1S/C19H32N2O4/c1-5-25-17(23)19(14-24-4)8-12-21(13-9-19)16(22)18(2,3)15-6-10-20-11-7-15/h6,20H,5,7-14H2,1-4H3. The molecule has 2 aliphatic heterocycles. The van der Waals surface area contributed by atoms with Crippen molar-refractivity contribution >= 4 is 11.9 Å². The number of esters is 1. The van der Waals surface area contributed by atoms with E-state index in [1.54, 1.807) is 7.11 Å². The van der Waals surface area contributed by atoms with E-state index < -0.39 is 10.8 Å². The minimum absolute atomic E-state index is 0.149. The molecule has 25 heavy (non-hydrogen) atoms. The summed E-state index contributed by atoms with van der Waals surface area (Å²) in [6.07, 6.45) is 4.21. The van der Waals surface area contributed by atoms with Crippen LogP contribution in [0.4, 0.5) is 0 Å². The first-order chi connectivity index (χ1) is 11.9. The molecule has 0 unspecified atom stereocenters. The molecule has 1 fully saturated rings. The maximum atomic E-state index is 13.1. The van der Waals surface area contributed by atoms with E-state index in [0.29, 0.717) is 39.1 Å². The zero-order valence-corrected chi connectivity index (χ0v) is 16.0. The number of methoxy groups -OCH3 is 1. The molecule has 0 atom stereocenters. The number of hydrogen-bond acceptors (Lipinski definition) is 5. The lowest BCUT2D eigenvalue weighted by molar-refractivity contribution is -0.165. The van der Waals surface area contributed by atoms with Crippen molar-refractivity contribution in [3.05, 3.63) is 11.6 Å². The van der Waals surface area contributed by atoms with Crippen LogP contribution in [-0.2, 0) is 19.1 Å². The maximum absolute atomic E-state index is 13.1. The number of nitrogens with zero attached hydrogens (tertiary/aromatic N) is 1. The molecule has 0 aromatic rings. The largest absolute Gasteiger partial charge is 0.465 e. The fourth-order valence-electron chi connectivity index (χ4n) is 3.83. The number of amides is 1. The average molecular weight is 352 g/mol. The van der Waals surface area contributed by atoms with Crippen molar-refractivity contribution in [3.63, 3.8) is 0 Å². The Morgan fingerprint density at radius 2 is 2.00 bits per heavy atom. The van der Waals surface area contributed by atoms with Crippen LogP contribution in [0.15, 0.2) is 11.6 Å². The Morgan fingerprint density at radius 3 is 2.52 bits per heavy atom. The monoisotopic (exact) mass is 352 g/mol. The van der Waals surface area contributed by atoms with Gasteiger partial charge in [0.25, 0.3) is 0 Å². The Balaban J connectivity index is 2.05. The molecule has 2 rings (SSSR count). The SMILES string of the molecule is CCOC(=O)C1(COC)CCN(C(=O)C(C)(C)C2=CCNCC2)CC1. The molecule has 0 spiro atoms. The second-order valence-corrected chi connectivity index (χ2v) is 7.53. The van der Waals surface area contributed by atoms with E-state index in [1.165, 1.54) is 5.57 Å². The summed E-state index contributed by atoms with van der Waals surface area (Å²) in [5.74, 6) is -0.0557. The van der Waals surface area contributed by atoms with E-state index in [4.69, 9.17) is 9.47 Å². The number of nitrogens with one attached hydrogen (secondary N) is 1. The molecule has 0 aromatic heterocycles. The summed E-state index contributed by atoms with van der Waals surface area (Å²) in [6.45, 7) is 9.41. The van der Waals surface area contributed by atoms with E-state index in [0.717, 1.165) is 19.5 Å². The highest BCUT2D eigenvalue weighted by atomic mass is 16.5. The molecular formula is C19H32N2O4. The van der Waals surface area contributed by atoms with E-state index in [2.05, 4.69) is 11.4 Å². The quantitative estimate of drug-likeness (QED) is 0.583. The van der Waals surface area contributed by atoms with Crippen molar-refractivity contribution in [1.29, 1.82) is 0 Å². The van der Waals surface area contributed by atoms with E-state index in [1.807, 2.05) is 25.7 Å². The molecule has 0 aromatic carbocycles. The van der Waals surface area contributed by atoms with Crippen molar-refractivity contribution in [2.75, 3.05) is 46.5 Å². The van der Waals surface area contributed by atoms with Crippen molar-refractivity contribution in [3.8, 4) is 0 Å². The first kappa shape index (κ1) is 19.9. The number of ether oxygens (including phenoxy) is 2. The smallest absolute Gasteiger partial charge is 0.314 e. The molecule has 6 heteroatoms. The molecule has 142 valence electrons. The van der Waals surface area contributed by atoms with Crippen molar-refractivity contribution in [1.82, 2.24) is 10.2 Å². The third-order valence-corrected chi connectivity index (χ3v) is 5.54. The third-order valence-electron chi connectivity index (χ3n) is 5.54. The normalized spacial score (nSPS) is 20.8. The molecule has 0 radical (unpaired) electrons. The van der Waals surface area contributed by atoms with Gasteiger partial charge in [-0.25, -0.2) is 0 Å². The molecule has 0 aliphatic carbocycles. The van der Waals surface area contributed by atoms with Crippen LogP contribution >= 0.6 is 0 Å². The van der Waals surface area contributed by atoms with Gasteiger partial charge in [0.15, 0.2) is 0 Å². The molecular weight excluding hydrogens is 320 g/mol. The highest BCUT2D eigenvalue weighted by Gasteiger charge is 2.45. The highest BCUT2D eigenvalue weighted by Crippen LogP contribution is 2.37. The van der Waals surface area contributed by atoms with Crippen LogP contribution in [0.1, 0.15) is 40.0 Å². The summed E-state index contributed by atoms with van der Waals surface area (Å²) in [5, 5.41) is 3.29. The summed E-state index contributed by atoms with van der Waals surface area (Å²) in [6, 6.07) is 0. The number of rotatable bonds is 6. The van der Waals surface area contributed by atoms with Gasteiger partial charge in [-0.15, -0.1) is 0 Å². The number of likely N-dealkylation sites (tertiary alicyclic amines) is 1. The lowest BCUT2D eigenvalue weighted by Gasteiger charge is -2.42. The molecule has 0 bridgehead atoms. The number of carbonyl (C=O) groups excluding carboxylic acids is 2. The Morgan fingerprint density at radius 1 is 1.32 bits per heavy atom. The van der Waals surface area contributed by atoms with Crippen molar-refractivity contribution < 1.29 is 19.1 Å². The fraction of sp³-hybridized carbons (Fsp3) is 0.789. The number of carbonyl (C=O) groups is 2. The van der Waals surface area contributed by atoms with Crippen molar-refractivity contribution in [2.45, 2.75) is 40.0 Å². The van der Waals surface area contributed by atoms with E-state index in [9.17, 15) is 9.59 Å². The van der Waals surface area contributed by atoms with Gasteiger partial charge in [0.2, 0.25) is 5.91 Å². The van der Waals surface area contributed by atoms with E-state index >= 15 is 0 Å². The highest BCUT2D eigenvalue weighted by molar-refractivity contribution is 5.86. The van der Waals surface area contributed by atoms with Gasteiger partial charge in [-0.3, -0.25) is 9.59 Å². The molecule has 1 amide bonds. The van der Waals surface area contributed by atoms with Crippen LogP contribution < -0.4 is 5.32 Å². The second kappa shape index (κ2) is 8.32. The van der Waals surface area contributed by atoms with Gasteiger partial charge in [0.05, 0.1) is 24.0 Å². The Hall–Kier alpha value is -1.40. The molecule has 2 heterocycles. The van der Waals surface area contributed by atoms with Gasteiger partial charge >= 0.3 is 5.97 Å². The summed E-state index contributed by atoms with van der Waals surface area (Å²) in [5.41, 5.74) is 0.0860. The summed E-state index contributed by atoms with van der Waals surface area (Å²) in [4.78, 5) is 27.4. The van der Waals surface area contributed by atoms with Crippen LogP contribution in [0.25, 0.3) is 0 Å². The molecule has 1 N–H and O–H groups in total. The number of piperidine rings is 1. The average Bonchev–Trinajstić information content (AvgIpc) is 2.63. The fourth-order valence-corrected chi connectivity index (χ4v) is 3.83. The first-order valence-corrected chi connectivity index (χ1v) is 9.23. The maximum Gasteiger partial charge on any atom is 0.314 e. The van der Waals surface area contributed by atoms with Crippen LogP contribution in [0.5, 0.6) is 0 Å². The molecule has 0 saturated carbocycles. The zero-order valence-electron chi connectivity index (χ0n) is 16.0. The van der Waals surface area contributed by atoms with Crippen LogP contribution in [-0.4, -0.2) is 63.3 Å². The predicted octanol–water partition coefficient (Wildman–Crippen LogP) is 1.75. The lowest BCUT2D eigenvalue weighted by atomic mass is 9.76. The first-order valence-electron chi connectivity index (χ1n) is 9.23. The van der Waals surface area contributed by atoms with Crippen LogP contribution in [0.3, 0.4) is 0 Å². The molecule has 6 nitrogen and oxygen atoms in total. The van der Waals surface area contributed by atoms with Gasteiger partial charge in [-0.2, -0.15) is 0 Å². The van der Waals surface area contributed by atoms with Gasteiger partial charge < -0.3 is 19.7 Å². The minimum atomic E-state index is -0.625. The Labute approximate surface area is 150 Å². The van der Waals surface area contributed by atoms with Crippen LogP contribution in [0, 0.1) is 10.8 Å². The summed E-state index contributed by atoms with van der Waals surface area (Å²) < 4.78 is 10.5. The van der Waals surface area contributed by atoms with E-state index in [-0.39, 0.29) is 11.9 Å². The van der Waals surface area contributed by atoms with Crippen molar-refractivity contribution in [2.24, 2.45) is 10.8 Å². The van der Waals surface area contributed by atoms with Gasteiger partial charge in [-0.1, -0.05) is 11.6 Å². The zero-order chi connectivity index (χ0) is 18.5. The van der Waals surface area contributed by atoms with Gasteiger partial charge in [0.1, 0.15) is 0 Å². The topological polar surface area (TPSA) is 67.9 Å². The Kier molecular flexibility index (Phi) is 6.63. The predicted molar refractivity (Wildman–Crippen MR) is 96.1 cm³/mol. The summed E-state index contributed by atoms with van der Waals surface area (Å²) >= 11 is 0. The summed E-state index contributed by atoms with van der Waals surface area (Å²) in [7, 11) is 1.60. The van der Waals surface area contributed by atoms with Crippen LogP contribution in [0.2, 0.25) is 0 Å². The Bertz CT molecular complexity index is 520.